The van der Waals surface area contributed by atoms with Gasteiger partial charge in [-0.15, -0.1) is 0 Å². The van der Waals surface area contributed by atoms with Crippen molar-refractivity contribution >= 4 is 5.82 Å². The van der Waals surface area contributed by atoms with Gasteiger partial charge in [-0.05, 0) is 6.42 Å². The topological polar surface area (TPSA) is 90.2 Å². The van der Waals surface area contributed by atoms with E-state index in [1.54, 1.807) is 6.92 Å². The second-order valence-electron chi connectivity index (χ2n) is 3.42. The van der Waals surface area contributed by atoms with Gasteiger partial charge in [0.05, 0.1) is 12.6 Å². The Morgan fingerprint density at radius 2 is 2.13 bits per heavy atom. The molecule has 15 heavy (non-hydrogen) atoms. The van der Waals surface area contributed by atoms with E-state index in [-0.39, 0.29) is 12.4 Å². The minimum Gasteiger partial charge on any atom is -0.391 e. The molecule has 1 heterocycles. The third-order valence-corrected chi connectivity index (χ3v) is 2.31. The summed E-state index contributed by atoms with van der Waals surface area (Å²) in [7, 11) is 1.48. The van der Waals surface area contributed by atoms with Crippen molar-refractivity contribution in [2.45, 2.75) is 26.0 Å². The predicted octanol–water partition coefficient (Wildman–Crippen LogP) is -1.10. The fraction of sp³-hybridized carbons (Fsp3) is 0.556. The van der Waals surface area contributed by atoms with Gasteiger partial charge in [0.1, 0.15) is 5.82 Å². The van der Waals surface area contributed by atoms with Crippen molar-refractivity contribution in [2.75, 3.05) is 5.73 Å². The Balaban J connectivity index is 3.25. The molecule has 1 aromatic rings. The number of nitrogen functional groups attached to an aromatic ring is 1. The van der Waals surface area contributed by atoms with E-state index in [1.807, 2.05) is 0 Å². The van der Waals surface area contributed by atoms with Crippen molar-refractivity contribution in [2.24, 2.45) is 7.05 Å². The average molecular weight is 213 g/mol. The number of rotatable bonds is 3. The first-order chi connectivity index (χ1) is 6.97. The molecule has 0 spiro atoms. The van der Waals surface area contributed by atoms with Gasteiger partial charge >= 0.3 is 5.69 Å². The Morgan fingerprint density at radius 3 is 2.67 bits per heavy atom. The average Bonchev–Trinajstić information content (AvgIpc) is 2.21. The lowest BCUT2D eigenvalue weighted by molar-refractivity contribution is 0.146. The molecule has 0 bridgehead atoms. The van der Waals surface area contributed by atoms with Crippen LogP contribution in [-0.4, -0.2) is 20.3 Å². The maximum atomic E-state index is 11.6. The molecule has 0 aromatic carbocycles. The van der Waals surface area contributed by atoms with Crippen molar-refractivity contribution < 1.29 is 5.11 Å². The molecule has 0 aliphatic heterocycles. The summed E-state index contributed by atoms with van der Waals surface area (Å²) < 4.78 is 2.15. The molecule has 0 fully saturated rings. The lowest BCUT2D eigenvalue weighted by Gasteiger charge is -2.11. The van der Waals surface area contributed by atoms with Crippen molar-refractivity contribution in [1.29, 1.82) is 0 Å². The van der Waals surface area contributed by atoms with Gasteiger partial charge in [-0.1, -0.05) is 6.92 Å². The standard InChI is InChI=1S/C9H15N3O3/c1-3-6(13)5-12-8(14)4-7(10)11(2)9(12)15/h4,6,13H,3,5,10H2,1-2H3. The summed E-state index contributed by atoms with van der Waals surface area (Å²) in [6.45, 7) is 1.78. The molecule has 6 nitrogen and oxygen atoms in total. The number of aromatic nitrogens is 2. The van der Waals surface area contributed by atoms with E-state index in [4.69, 9.17) is 5.73 Å². The Labute approximate surface area is 86.6 Å². The highest BCUT2D eigenvalue weighted by Gasteiger charge is 2.09. The first-order valence-corrected chi connectivity index (χ1v) is 4.71. The van der Waals surface area contributed by atoms with Crippen LogP contribution in [0.25, 0.3) is 0 Å². The van der Waals surface area contributed by atoms with Crippen LogP contribution in [0.4, 0.5) is 5.82 Å². The number of hydrogen-bond donors (Lipinski definition) is 2. The Hall–Kier alpha value is -1.56. The van der Waals surface area contributed by atoms with Gasteiger partial charge in [-0.25, -0.2) is 4.79 Å². The Bertz CT molecular complexity index is 461. The van der Waals surface area contributed by atoms with E-state index < -0.39 is 17.4 Å². The van der Waals surface area contributed by atoms with Crippen molar-refractivity contribution in [3.63, 3.8) is 0 Å². The zero-order chi connectivity index (χ0) is 11.6. The minimum absolute atomic E-state index is 0.00227. The molecule has 0 aliphatic carbocycles. The molecule has 0 amide bonds. The minimum atomic E-state index is -0.695. The Kier molecular flexibility index (Phi) is 3.31. The summed E-state index contributed by atoms with van der Waals surface area (Å²) in [6.07, 6.45) is -0.209. The number of anilines is 1. The summed E-state index contributed by atoms with van der Waals surface area (Å²) in [4.78, 5) is 23.0. The van der Waals surface area contributed by atoms with Gasteiger partial charge in [0, 0.05) is 13.1 Å². The number of nitrogens with two attached hydrogens (primary N) is 1. The molecule has 1 aromatic heterocycles. The molecular formula is C9H15N3O3. The molecule has 84 valence electrons. The lowest BCUT2D eigenvalue weighted by atomic mass is 10.3. The molecule has 0 saturated carbocycles. The highest BCUT2D eigenvalue weighted by Crippen LogP contribution is 1.93. The van der Waals surface area contributed by atoms with Crippen LogP contribution in [-0.2, 0) is 13.6 Å². The number of nitrogens with zero attached hydrogens (tertiary/aromatic N) is 2. The van der Waals surface area contributed by atoms with Crippen LogP contribution in [0.15, 0.2) is 15.7 Å². The molecule has 1 unspecified atom stereocenters. The molecule has 0 aliphatic rings. The summed E-state index contributed by atoms with van der Waals surface area (Å²) in [5.74, 6) is 0.118. The van der Waals surface area contributed by atoms with Gasteiger partial charge in [0.15, 0.2) is 0 Å². The van der Waals surface area contributed by atoms with Crippen LogP contribution < -0.4 is 17.0 Å². The van der Waals surface area contributed by atoms with Gasteiger partial charge < -0.3 is 10.8 Å². The van der Waals surface area contributed by atoms with Crippen LogP contribution in [0.1, 0.15) is 13.3 Å². The number of hydrogen-bond acceptors (Lipinski definition) is 4. The normalized spacial score (nSPS) is 12.7. The largest absolute Gasteiger partial charge is 0.391 e. The monoisotopic (exact) mass is 213 g/mol. The molecular weight excluding hydrogens is 198 g/mol. The lowest BCUT2D eigenvalue weighted by Crippen LogP contribution is -2.41. The number of aliphatic hydroxyl groups excluding tert-OH is 1. The SMILES string of the molecule is CCC(O)Cn1c(=O)cc(N)n(C)c1=O. The van der Waals surface area contributed by atoms with Gasteiger partial charge in [0.25, 0.3) is 5.56 Å². The quantitative estimate of drug-likeness (QED) is 0.667. The van der Waals surface area contributed by atoms with Gasteiger partial charge in [-0.3, -0.25) is 13.9 Å². The second-order valence-corrected chi connectivity index (χ2v) is 3.42. The van der Waals surface area contributed by atoms with Crippen LogP contribution in [0.5, 0.6) is 0 Å². The molecule has 0 saturated heterocycles. The maximum Gasteiger partial charge on any atom is 0.332 e. The molecule has 3 N–H and O–H groups in total. The van der Waals surface area contributed by atoms with E-state index in [0.29, 0.717) is 6.42 Å². The van der Waals surface area contributed by atoms with E-state index in [0.717, 1.165) is 4.57 Å². The summed E-state index contributed by atoms with van der Waals surface area (Å²) >= 11 is 0. The maximum absolute atomic E-state index is 11.6. The summed E-state index contributed by atoms with van der Waals surface area (Å²) in [5.41, 5.74) is 4.45. The fourth-order valence-corrected chi connectivity index (χ4v) is 1.19. The molecule has 1 rings (SSSR count). The highest BCUT2D eigenvalue weighted by molar-refractivity contribution is 5.25. The van der Waals surface area contributed by atoms with Gasteiger partial charge in [0.2, 0.25) is 0 Å². The van der Waals surface area contributed by atoms with E-state index in [2.05, 4.69) is 0 Å². The van der Waals surface area contributed by atoms with Crippen LogP contribution >= 0.6 is 0 Å². The summed E-state index contributed by atoms with van der Waals surface area (Å²) in [5, 5.41) is 9.38. The Morgan fingerprint density at radius 1 is 1.53 bits per heavy atom. The third-order valence-electron chi connectivity index (χ3n) is 2.31. The van der Waals surface area contributed by atoms with Crippen LogP contribution in [0.3, 0.4) is 0 Å². The zero-order valence-electron chi connectivity index (χ0n) is 8.80. The molecule has 1 atom stereocenters. The smallest absolute Gasteiger partial charge is 0.332 e. The van der Waals surface area contributed by atoms with Crippen molar-refractivity contribution in [1.82, 2.24) is 9.13 Å². The van der Waals surface area contributed by atoms with Crippen molar-refractivity contribution in [3.8, 4) is 0 Å². The van der Waals surface area contributed by atoms with Crippen LogP contribution in [0.2, 0.25) is 0 Å². The highest BCUT2D eigenvalue weighted by atomic mass is 16.3. The summed E-state index contributed by atoms with van der Waals surface area (Å²) in [6, 6.07) is 1.17. The fourth-order valence-electron chi connectivity index (χ4n) is 1.19. The van der Waals surface area contributed by atoms with Gasteiger partial charge in [-0.2, -0.15) is 0 Å². The molecule has 0 radical (unpaired) electrons. The second kappa shape index (κ2) is 4.31. The van der Waals surface area contributed by atoms with Crippen LogP contribution in [0, 0.1) is 0 Å². The van der Waals surface area contributed by atoms with E-state index in [9.17, 15) is 14.7 Å². The first kappa shape index (κ1) is 11.5. The first-order valence-electron chi connectivity index (χ1n) is 4.71. The zero-order valence-corrected chi connectivity index (χ0v) is 8.80. The molecule has 6 heteroatoms. The van der Waals surface area contributed by atoms with Crippen molar-refractivity contribution in [3.05, 3.63) is 26.9 Å². The number of aliphatic hydroxyl groups is 1. The third kappa shape index (κ3) is 2.27. The van der Waals surface area contributed by atoms with E-state index in [1.165, 1.54) is 17.7 Å². The predicted molar refractivity (Wildman–Crippen MR) is 56.7 cm³/mol. The van der Waals surface area contributed by atoms with E-state index >= 15 is 0 Å².